The summed E-state index contributed by atoms with van der Waals surface area (Å²) in [6.07, 6.45) is 1.47. The van der Waals surface area contributed by atoms with Gasteiger partial charge in [0.05, 0.1) is 5.92 Å². The van der Waals surface area contributed by atoms with E-state index < -0.39 is 17.9 Å². The molecular weight excluding hydrogens is 246 g/mol. The Morgan fingerprint density at radius 2 is 2.26 bits per heavy atom. The highest BCUT2D eigenvalue weighted by Crippen LogP contribution is 2.37. The van der Waals surface area contributed by atoms with Gasteiger partial charge in [-0.25, -0.2) is 0 Å². The highest BCUT2D eigenvalue weighted by atomic mass is 16.4. The molecule has 0 radical (unpaired) electrons. The Morgan fingerprint density at radius 3 is 2.79 bits per heavy atom. The minimum Gasteiger partial charge on any atom is -0.481 e. The van der Waals surface area contributed by atoms with Crippen LogP contribution in [-0.2, 0) is 9.59 Å². The third kappa shape index (κ3) is 2.64. The second kappa shape index (κ2) is 5.47. The number of carbonyl (C=O) groups is 2. The molecule has 1 saturated heterocycles. The molecule has 2 rings (SSSR count). The standard InChI is InChI=1S/C14H19NO4/c1-3-8-15-12(16)7-5-10(14(17)18)13(15)11-6-4-9(2)19-11/h4,6,10,13H,3,5,7-8H2,1-2H3,(H,17,18). The SMILES string of the molecule is CCCN1C(=O)CCC(C(=O)O)C1c1ccc(C)o1. The Morgan fingerprint density at radius 1 is 1.53 bits per heavy atom. The number of amides is 1. The topological polar surface area (TPSA) is 70.8 Å². The molecule has 2 heterocycles. The molecule has 0 saturated carbocycles. The number of aryl methyl sites for hydroxylation is 1. The summed E-state index contributed by atoms with van der Waals surface area (Å²) in [5.41, 5.74) is 0. The predicted molar refractivity (Wildman–Crippen MR) is 68.5 cm³/mol. The maximum atomic E-state index is 12.0. The first-order valence-electron chi connectivity index (χ1n) is 6.63. The number of carbonyl (C=O) groups excluding carboxylic acids is 1. The van der Waals surface area contributed by atoms with Crippen LogP contribution in [0.25, 0.3) is 0 Å². The molecule has 1 aliphatic rings. The zero-order chi connectivity index (χ0) is 14.0. The molecule has 2 atom stereocenters. The van der Waals surface area contributed by atoms with Crippen molar-refractivity contribution in [3.8, 4) is 0 Å². The van der Waals surface area contributed by atoms with Gasteiger partial charge in [-0.1, -0.05) is 6.92 Å². The Hall–Kier alpha value is -1.78. The molecule has 2 unspecified atom stereocenters. The molecule has 1 amide bonds. The summed E-state index contributed by atoms with van der Waals surface area (Å²) >= 11 is 0. The second-order valence-corrected chi connectivity index (χ2v) is 4.96. The van der Waals surface area contributed by atoms with Crippen LogP contribution in [0.2, 0.25) is 0 Å². The summed E-state index contributed by atoms with van der Waals surface area (Å²) in [5, 5.41) is 9.37. The minimum atomic E-state index is -0.868. The fourth-order valence-corrected chi connectivity index (χ4v) is 2.68. The molecule has 1 aromatic heterocycles. The fourth-order valence-electron chi connectivity index (χ4n) is 2.68. The molecule has 5 heteroatoms. The van der Waals surface area contributed by atoms with Crippen molar-refractivity contribution in [1.29, 1.82) is 0 Å². The van der Waals surface area contributed by atoms with Crippen LogP contribution in [-0.4, -0.2) is 28.4 Å². The average Bonchev–Trinajstić information content (AvgIpc) is 2.78. The molecule has 104 valence electrons. The van der Waals surface area contributed by atoms with Gasteiger partial charge in [0.25, 0.3) is 0 Å². The van der Waals surface area contributed by atoms with Crippen molar-refractivity contribution in [2.24, 2.45) is 5.92 Å². The molecule has 19 heavy (non-hydrogen) atoms. The summed E-state index contributed by atoms with van der Waals surface area (Å²) in [6, 6.07) is 3.10. The number of aliphatic carboxylic acids is 1. The molecular formula is C14H19NO4. The van der Waals surface area contributed by atoms with Gasteiger partial charge in [0.1, 0.15) is 17.6 Å². The Kier molecular flexibility index (Phi) is 3.93. The number of likely N-dealkylation sites (tertiary alicyclic amines) is 1. The van der Waals surface area contributed by atoms with Crippen molar-refractivity contribution >= 4 is 11.9 Å². The van der Waals surface area contributed by atoms with Crippen molar-refractivity contribution in [3.05, 3.63) is 23.7 Å². The average molecular weight is 265 g/mol. The van der Waals surface area contributed by atoms with E-state index in [4.69, 9.17) is 4.42 Å². The first-order chi connectivity index (χ1) is 9.04. The van der Waals surface area contributed by atoms with Gasteiger partial charge in [0.15, 0.2) is 0 Å². The van der Waals surface area contributed by atoms with Crippen molar-refractivity contribution in [2.45, 2.75) is 39.2 Å². The van der Waals surface area contributed by atoms with E-state index in [9.17, 15) is 14.7 Å². The van der Waals surface area contributed by atoms with Crippen LogP contribution < -0.4 is 0 Å². The monoisotopic (exact) mass is 265 g/mol. The summed E-state index contributed by atoms with van der Waals surface area (Å²) in [7, 11) is 0. The third-order valence-corrected chi connectivity index (χ3v) is 3.54. The van der Waals surface area contributed by atoms with Crippen LogP contribution in [0.1, 0.15) is 43.7 Å². The number of carboxylic acids is 1. The molecule has 1 aromatic rings. The smallest absolute Gasteiger partial charge is 0.309 e. The van der Waals surface area contributed by atoms with E-state index in [1.165, 1.54) is 0 Å². The normalized spacial score (nSPS) is 23.7. The van der Waals surface area contributed by atoms with Crippen molar-refractivity contribution in [2.75, 3.05) is 6.54 Å². The van der Waals surface area contributed by atoms with E-state index in [0.717, 1.165) is 12.2 Å². The zero-order valence-electron chi connectivity index (χ0n) is 11.3. The van der Waals surface area contributed by atoms with E-state index in [1.54, 1.807) is 17.0 Å². The van der Waals surface area contributed by atoms with Gasteiger partial charge < -0.3 is 14.4 Å². The van der Waals surface area contributed by atoms with Gasteiger partial charge in [0, 0.05) is 13.0 Å². The molecule has 0 aliphatic carbocycles. The Balaban J connectivity index is 2.37. The van der Waals surface area contributed by atoms with Gasteiger partial charge in [-0.05, 0) is 31.9 Å². The van der Waals surface area contributed by atoms with E-state index in [-0.39, 0.29) is 5.91 Å². The molecule has 1 fully saturated rings. The summed E-state index contributed by atoms with van der Waals surface area (Å²) < 4.78 is 5.57. The highest BCUT2D eigenvalue weighted by molar-refractivity contribution is 5.81. The van der Waals surface area contributed by atoms with Gasteiger partial charge in [-0.3, -0.25) is 9.59 Å². The van der Waals surface area contributed by atoms with Gasteiger partial charge in [-0.15, -0.1) is 0 Å². The summed E-state index contributed by atoms with van der Waals surface area (Å²) in [6.45, 7) is 4.35. The number of rotatable bonds is 4. The van der Waals surface area contributed by atoms with Gasteiger partial charge >= 0.3 is 5.97 Å². The lowest BCUT2D eigenvalue weighted by Gasteiger charge is -2.38. The first-order valence-corrected chi connectivity index (χ1v) is 6.63. The number of hydrogen-bond donors (Lipinski definition) is 1. The summed E-state index contributed by atoms with van der Waals surface area (Å²) in [5.74, 6) is -0.138. The maximum Gasteiger partial charge on any atom is 0.309 e. The Bertz CT molecular complexity index is 480. The lowest BCUT2D eigenvalue weighted by molar-refractivity contribution is -0.152. The lowest BCUT2D eigenvalue weighted by Crippen LogP contribution is -2.45. The first kappa shape index (κ1) is 13.6. The van der Waals surface area contributed by atoms with Crippen LogP contribution >= 0.6 is 0 Å². The van der Waals surface area contributed by atoms with Crippen LogP contribution in [0.15, 0.2) is 16.5 Å². The predicted octanol–water partition coefficient (Wildman–Crippen LogP) is 2.36. The van der Waals surface area contributed by atoms with Crippen LogP contribution in [0.4, 0.5) is 0 Å². The van der Waals surface area contributed by atoms with E-state index in [0.29, 0.717) is 25.1 Å². The molecule has 0 aromatic carbocycles. The minimum absolute atomic E-state index is 0.0124. The van der Waals surface area contributed by atoms with Crippen molar-refractivity contribution < 1.29 is 19.1 Å². The third-order valence-electron chi connectivity index (χ3n) is 3.54. The van der Waals surface area contributed by atoms with Crippen LogP contribution in [0.5, 0.6) is 0 Å². The van der Waals surface area contributed by atoms with E-state index in [1.807, 2.05) is 13.8 Å². The molecule has 0 bridgehead atoms. The number of piperidine rings is 1. The highest BCUT2D eigenvalue weighted by Gasteiger charge is 2.41. The fraction of sp³-hybridized carbons (Fsp3) is 0.571. The zero-order valence-corrected chi connectivity index (χ0v) is 11.3. The van der Waals surface area contributed by atoms with Crippen molar-refractivity contribution in [3.63, 3.8) is 0 Å². The molecule has 1 aliphatic heterocycles. The maximum absolute atomic E-state index is 12.0. The van der Waals surface area contributed by atoms with Gasteiger partial charge in [0.2, 0.25) is 5.91 Å². The van der Waals surface area contributed by atoms with E-state index in [2.05, 4.69) is 0 Å². The van der Waals surface area contributed by atoms with Crippen LogP contribution in [0.3, 0.4) is 0 Å². The molecule has 1 N–H and O–H groups in total. The second-order valence-electron chi connectivity index (χ2n) is 4.96. The van der Waals surface area contributed by atoms with Crippen molar-refractivity contribution in [1.82, 2.24) is 4.90 Å². The quantitative estimate of drug-likeness (QED) is 0.907. The molecule has 0 spiro atoms. The van der Waals surface area contributed by atoms with Crippen LogP contribution in [0, 0.1) is 12.8 Å². The Labute approximate surface area is 112 Å². The number of hydrogen-bond acceptors (Lipinski definition) is 3. The lowest BCUT2D eigenvalue weighted by atomic mass is 9.87. The number of carboxylic acid groups (broad SMARTS) is 1. The number of nitrogens with zero attached hydrogens (tertiary/aromatic N) is 1. The summed E-state index contributed by atoms with van der Waals surface area (Å²) in [4.78, 5) is 25.1. The number of furan rings is 1. The van der Waals surface area contributed by atoms with Gasteiger partial charge in [-0.2, -0.15) is 0 Å². The van der Waals surface area contributed by atoms with E-state index >= 15 is 0 Å². The largest absolute Gasteiger partial charge is 0.481 e. The molecule has 5 nitrogen and oxygen atoms in total.